The van der Waals surface area contributed by atoms with Crippen molar-refractivity contribution in [2.24, 2.45) is 11.3 Å². The molecule has 1 heteroatoms. The number of rotatable bonds is 5. The van der Waals surface area contributed by atoms with Gasteiger partial charge < -0.3 is 5.11 Å². The van der Waals surface area contributed by atoms with Crippen molar-refractivity contribution < 1.29 is 5.11 Å². The van der Waals surface area contributed by atoms with Crippen molar-refractivity contribution in [1.82, 2.24) is 0 Å². The molecule has 0 saturated heterocycles. The zero-order valence-corrected chi connectivity index (χ0v) is 8.35. The first kappa shape index (κ1) is 14.5. The van der Waals surface area contributed by atoms with Gasteiger partial charge in [0.2, 0.25) is 0 Å². The summed E-state index contributed by atoms with van der Waals surface area (Å²) >= 11 is 0. The molecule has 0 aliphatic heterocycles. The molecule has 0 unspecified atom stereocenters. The van der Waals surface area contributed by atoms with E-state index < -0.39 is 0 Å². The minimum Gasteiger partial charge on any atom is -0.396 e. The van der Waals surface area contributed by atoms with E-state index in [9.17, 15) is 5.11 Å². The Hall–Kier alpha value is -0.0400. The van der Waals surface area contributed by atoms with Gasteiger partial charge in [-0.3, -0.25) is 0 Å². The molecule has 0 aliphatic carbocycles. The van der Waals surface area contributed by atoms with Crippen LogP contribution in [-0.4, -0.2) is 11.7 Å². The molecule has 0 aromatic rings. The molecule has 0 aromatic carbocycles. The average Bonchev–Trinajstić information content (AvgIpc) is 2.00. The van der Waals surface area contributed by atoms with Crippen molar-refractivity contribution in [3.63, 3.8) is 0 Å². The highest BCUT2D eigenvalue weighted by atomic mass is 16.3. The van der Waals surface area contributed by atoms with E-state index in [0.29, 0.717) is 12.5 Å². The second-order valence-corrected chi connectivity index (χ2v) is 4.07. The second-order valence-electron chi connectivity index (χ2n) is 4.07. The number of aliphatic hydroxyl groups is 1. The summed E-state index contributed by atoms with van der Waals surface area (Å²) in [5.74, 6) is 0.582. The van der Waals surface area contributed by atoms with Crippen LogP contribution in [0.5, 0.6) is 0 Å². The molecule has 1 N–H and O–H groups in total. The van der Waals surface area contributed by atoms with Crippen LogP contribution >= 0.6 is 0 Å². The van der Waals surface area contributed by atoms with Crippen LogP contribution < -0.4 is 0 Å². The van der Waals surface area contributed by atoms with Crippen LogP contribution in [0.4, 0.5) is 0 Å². The van der Waals surface area contributed by atoms with Gasteiger partial charge in [0.05, 0.1) is 0 Å². The van der Waals surface area contributed by atoms with E-state index >= 15 is 0 Å². The van der Waals surface area contributed by atoms with Crippen molar-refractivity contribution in [3.05, 3.63) is 0 Å². The maximum Gasteiger partial charge on any atom is 0.0487 e. The predicted octanol–water partition coefficient (Wildman–Crippen LogP) is 3.47. The van der Waals surface area contributed by atoms with Gasteiger partial charge in [-0.15, -0.1) is 0 Å². The summed E-state index contributed by atoms with van der Waals surface area (Å²) in [6.07, 6.45) is 3.61. The Kier molecular flexibility index (Phi) is 7.81. The summed E-state index contributed by atoms with van der Waals surface area (Å²) < 4.78 is 0. The van der Waals surface area contributed by atoms with Crippen LogP contribution in [0.15, 0.2) is 0 Å². The Morgan fingerprint density at radius 3 is 2.08 bits per heavy atom. The normalized spacial score (nSPS) is 15.5. The van der Waals surface area contributed by atoms with E-state index in [1.807, 2.05) is 0 Å². The molecule has 1 atom stereocenters. The molecule has 0 fully saturated rings. The summed E-state index contributed by atoms with van der Waals surface area (Å²) in [6.45, 7) is 9.06. The summed E-state index contributed by atoms with van der Waals surface area (Å²) in [5, 5.41) is 9.18. The van der Waals surface area contributed by atoms with Crippen molar-refractivity contribution in [1.29, 1.82) is 0 Å². The minimum absolute atomic E-state index is 0. The lowest BCUT2D eigenvalue weighted by Gasteiger charge is -2.31. The lowest BCUT2D eigenvalue weighted by atomic mass is 9.76. The van der Waals surface area contributed by atoms with Gasteiger partial charge in [-0.1, -0.05) is 48.0 Å². The fourth-order valence-electron chi connectivity index (χ4n) is 1.13. The highest BCUT2D eigenvalue weighted by Gasteiger charge is 2.26. The Balaban J connectivity index is 0. The molecular weight excluding hydrogens is 148 g/mol. The highest BCUT2D eigenvalue weighted by molar-refractivity contribution is 4.76. The predicted molar refractivity (Wildman–Crippen MR) is 56.3 cm³/mol. The molecule has 1 nitrogen and oxygen atoms in total. The summed E-state index contributed by atoms with van der Waals surface area (Å²) in [5.41, 5.74) is 0.149. The van der Waals surface area contributed by atoms with Crippen LogP contribution in [0.1, 0.15) is 54.4 Å². The third-order valence-corrected chi connectivity index (χ3v) is 2.86. The van der Waals surface area contributed by atoms with Gasteiger partial charge in [0.25, 0.3) is 0 Å². The lowest BCUT2D eigenvalue weighted by Crippen LogP contribution is -2.27. The number of hydrogen-bond acceptors (Lipinski definition) is 1. The molecule has 0 saturated carbocycles. The van der Waals surface area contributed by atoms with E-state index in [4.69, 9.17) is 0 Å². The maximum absolute atomic E-state index is 9.18. The SMILES string of the molecule is C.CCCC[C@@](C)(CO)C(C)C. The van der Waals surface area contributed by atoms with Crippen LogP contribution in [0, 0.1) is 11.3 Å². The standard InChI is InChI=1S/C10H22O.CH4/c1-5-6-7-10(4,8-11)9(2)3;/h9,11H,5-8H2,1-4H3;1H4/t10-;/m0./s1. The van der Waals surface area contributed by atoms with Gasteiger partial charge in [0.15, 0.2) is 0 Å². The second kappa shape index (κ2) is 6.47. The van der Waals surface area contributed by atoms with E-state index in [0.717, 1.165) is 6.42 Å². The summed E-state index contributed by atoms with van der Waals surface area (Å²) in [6, 6.07) is 0. The highest BCUT2D eigenvalue weighted by Crippen LogP contribution is 2.31. The molecule has 12 heavy (non-hydrogen) atoms. The zero-order chi connectivity index (χ0) is 8.91. The van der Waals surface area contributed by atoms with Gasteiger partial charge in [-0.25, -0.2) is 0 Å². The van der Waals surface area contributed by atoms with Gasteiger partial charge in [0.1, 0.15) is 0 Å². The average molecular weight is 174 g/mol. The van der Waals surface area contributed by atoms with E-state index in [1.54, 1.807) is 0 Å². The molecule has 76 valence electrons. The first-order chi connectivity index (χ1) is 5.06. The summed E-state index contributed by atoms with van der Waals surface area (Å²) in [4.78, 5) is 0. The fourth-order valence-corrected chi connectivity index (χ4v) is 1.13. The molecule has 0 amide bonds. The minimum atomic E-state index is 0. The number of aliphatic hydroxyl groups excluding tert-OH is 1. The Morgan fingerprint density at radius 1 is 1.33 bits per heavy atom. The first-order valence-electron chi connectivity index (χ1n) is 4.67. The van der Waals surface area contributed by atoms with Gasteiger partial charge >= 0.3 is 0 Å². The van der Waals surface area contributed by atoms with Crippen molar-refractivity contribution in [3.8, 4) is 0 Å². The van der Waals surface area contributed by atoms with Crippen LogP contribution in [0.2, 0.25) is 0 Å². The van der Waals surface area contributed by atoms with Crippen LogP contribution in [-0.2, 0) is 0 Å². The molecule has 0 rings (SSSR count). The number of unbranched alkanes of at least 4 members (excludes halogenated alkanes) is 1. The third kappa shape index (κ3) is 4.10. The van der Waals surface area contributed by atoms with E-state index in [1.165, 1.54) is 12.8 Å². The quantitative estimate of drug-likeness (QED) is 0.676. The van der Waals surface area contributed by atoms with Gasteiger partial charge in [-0.2, -0.15) is 0 Å². The van der Waals surface area contributed by atoms with E-state index in [-0.39, 0.29) is 12.8 Å². The maximum atomic E-state index is 9.18. The monoisotopic (exact) mass is 174 g/mol. The largest absolute Gasteiger partial charge is 0.396 e. The number of hydrogen-bond donors (Lipinski definition) is 1. The summed E-state index contributed by atoms with van der Waals surface area (Å²) in [7, 11) is 0. The Morgan fingerprint density at radius 2 is 1.83 bits per heavy atom. The zero-order valence-electron chi connectivity index (χ0n) is 8.35. The smallest absolute Gasteiger partial charge is 0.0487 e. The van der Waals surface area contributed by atoms with Crippen LogP contribution in [0.3, 0.4) is 0 Å². The lowest BCUT2D eigenvalue weighted by molar-refractivity contribution is 0.0831. The molecule has 0 heterocycles. The van der Waals surface area contributed by atoms with Crippen molar-refractivity contribution >= 4 is 0 Å². The molecule has 0 spiro atoms. The fraction of sp³-hybridized carbons (Fsp3) is 1.00. The van der Waals surface area contributed by atoms with Gasteiger partial charge in [0, 0.05) is 6.61 Å². The van der Waals surface area contributed by atoms with Crippen molar-refractivity contribution in [2.45, 2.75) is 54.4 Å². The van der Waals surface area contributed by atoms with Crippen molar-refractivity contribution in [2.75, 3.05) is 6.61 Å². The molecule has 0 bridgehead atoms. The molecular formula is C11H26O. The Labute approximate surface area is 78.2 Å². The van der Waals surface area contributed by atoms with Gasteiger partial charge in [-0.05, 0) is 17.8 Å². The first-order valence-corrected chi connectivity index (χ1v) is 4.67. The molecule has 0 radical (unpaired) electrons. The molecule has 0 aliphatic rings. The van der Waals surface area contributed by atoms with E-state index in [2.05, 4.69) is 27.7 Å². The molecule has 0 aromatic heterocycles. The topological polar surface area (TPSA) is 20.2 Å². The third-order valence-electron chi connectivity index (χ3n) is 2.86. The Bertz CT molecular complexity index is 99.2. The van der Waals surface area contributed by atoms with Crippen LogP contribution in [0.25, 0.3) is 0 Å².